The summed E-state index contributed by atoms with van der Waals surface area (Å²) in [5, 5.41) is 0. The quantitative estimate of drug-likeness (QED) is 0.650. The van der Waals surface area contributed by atoms with E-state index in [9.17, 15) is 4.79 Å². The van der Waals surface area contributed by atoms with Crippen LogP contribution < -0.4 is 15.0 Å². The van der Waals surface area contributed by atoms with Gasteiger partial charge in [0.15, 0.2) is 0 Å². The van der Waals surface area contributed by atoms with Gasteiger partial charge in [0.2, 0.25) is 0 Å². The Morgan fingerprint density at radius 1 is 1.05 bits per heavy atom. The summed E-state index contributed by atoms with van der Waals surface area (Å²) in [6.45, 7) is 0. The van der Waals surface area contributed by atoms with Crippen molar-refractivity contribution in [3.05, 3.63) is 60.2 Å². The molecule has 5 heteroatoms. The van der Waals surface area contributed by atoms with Gasteiger partial charge in [0.05, 0.1) is 7.11 Å². The van der Waals surface area contributed by atoms with Gasteiger partial charge < -0.3 is 4.74 Å². The van der Waals surface area contributed by atoms with Crippen LogP contribution in [0.1, 0.15) is 10.4 Å². The molecule has 0 fully saturated rings. The van der Waals surface area contributed by atoms with E-state index < -0.39 is 0 Å². The number of amides is 1. The van der Waals surface area contributed by atoms with Crippen molar-refractivity contribution < 1.29 is 9.53 Å². The van der Waals surface area contributed by atoms with Gasteiger partial charge >= 0.3 is 0 Å². The van der Waals surface area contributed by atoms with Gasteiger partial charge in [0, 0.05) is 10.5 Å². The second kappa shape index (κ2) is 6.82. The molecule has 2 aromatic rings. The molecule has 0 saturated heterocycles. The fourth-order valence-corrected chi connectivity index (χ4v) is 1.99. The topological polar surface area (TPSA) is 50.4 Å². The summed E-state index contributed by atoms with van der Waals surface area (Å²) in [4.78, 5) is 15.6. The molecule has 0 unspecified atom stereocenters. The fraction of sp³-hybridized carbons (Fsp3) is 0.0714. The number of ether oxygens (including phenoxy) is 1. The summed E-state index contributed by atoms with van der Waals surface area (Å²) in [5.41, 5.74) is 3.19. The molecule has 98 valence electrons. The Morgan fingerprint density at radius 3 is 2.37 bits per heavy atom. The minimum Gasteiger partial charge on any atom is -0.497 e. The highest BCUT2D eigenvalue weighted by molar-refractivity contribution is 7.97. The summed E-state index contributed by atoms with van der Waals surface area (Å²) < 4.78 is 5.04. The van der Waals surface area contributed by atoms with Crippen LogP contribution in [0.4, 0.5) is 0 Å². The van der Waals surface area contributed by atoms with Crippen LogP contribution in [0.2, 0.25) is 0 Å². The molecule has 2 rings (SSSR count). The third kappa shape index (κ3) is 4.01. The first-order chi connectivity index (χ1) is 9.29. The average molecular weight is 274 g/mol. The lowest BCUT2D eigenvalue weighted by molar-refractivity contribution is 0.0947. The van der Waals surface area contributed by atoms with Crippen molar-refractivity contribution in [1.29, 1.82) is 0 Å². The molecule has 0 aliphatic rings. The molecule has 4 nitrogen and oxygen atoms in total. The largest absolute Gasteiger partial charge is 0.497 e. The van der Waals surface area contributed by atoms with Gasteiger partial charge in [0.25, 0.3) is 5.91 Å². The number of nitrogens with one attached hydrogen (secondary N) is 2. The molecule has 0 heterocycles. The van der Waals surface area contributed by atoms with E-state index >= 15 is 0 Å². The molecule has 0 aliphatic heterocycles. The number of hydrogen-bond donors (Lipinski definition) is 2. The van der Waals surface area contributed by atoms with Crippen LogP contribution in [-0.4, -0.2) is 13.0 Å². The Hall–Kier alpha value is -1.98. The van der Waals surface area contributed by atoms with Gasteiger partial charge in [-0.15, -0.1) is 0 Å². The van der Waals surface area contributed by atoms with Crippen molar-refractivity contribution in [3.63, 3.8) is 0 Å². The van der Waals surface area contributed by atoms with E-state index in [4.69, 9.17) is 4.74 Å². The number of hydrazine groups is 1. The summed E-state index contributed by atoms with van der Waals surface area (Å²) >= 11 is 1.34. The Morgan fingerprint density at radius 2 is 1.74 bits per heavy atom. The zero-order valence-electron chi connectivity index (χ0n) is 10.4. The molecule has 0 radical (unpaired) electrons. The number of carbonyl (C=O) groups excluding carboxylic acids is 1. The van der Waals surface area contributed by atoms with Gasteiger partial charge in [-0.2, -0.15) is 4.83 Å². The van der Waals surface area contributed by atoms with Crippen LogP contribution in [0.3, 0.4) is 0 Å². The van der Waals surface area contributed by atoms with Gasteiger partial charge in [-0.25, -0.2) is 0 Å². The SMILES string of the molecule is COc1ccc(C(=O)NNSc2ccccc2)cc1. The molecule has 19 heavy (non-hydrogen) atoms. The highest BCUT2D eigenvalue weighted by Crippen LogP contribution is 2.13. The fourth-order valence-electron chi connectivity index (χ4n) is 1.43. The first-order valence-electron chi connectivity index (χ1n) is 5.71. The molecule has 0 bridgehead atoms. The van der Waals surface area contributed by atoms with E-state index in [1.54, 1.807) is 31.4 Å². The van der Waals surface area contributed by atoms with Crippen molar-refractivity contribution in [1.82, 2.24) is 10.3 Å². The van der Waals surface area contributed by atoms with Crippen molar-refractivity contribution in [3.8, 4) is 5.75 Å². The minimum absolute atomic E-state index is 0.189. The van der Waals surface area contributed by atoms with E-state index in [-0.39, 0.29) is 5.91 Å². The second-order valence-electron chi connectivity index (χ2n) is 3.70. The standard InChI is InChI=1S/C14H14N2O2S/c1-18-12-9-7-11(8-10-12)14(17)15-16-19-13-5-3-2-4-6-13/h2-10,16H,1H3,(H,15,17). The maximum atomic E-state index is 11.8. The van der Waals surface area contributed by atoms with E-state index in [0.29, 0.717) is 5.56 Å². The van der Waals surface area contributed by atoms with Gasteiger partial charge in [-0.1, -0.05) is 18.2 Å². The van der Waals surface area contributed by atoms with Gasteiger partial charge in [-0.3, -0.25) is 10.2 Å². The van der Waals surface area contributed by atoms with E-state index in [0.717, 1.165) is 10.6 Å². The maximum Gasteiger partial charge on any atom is 0.266 e. The molecule has 0 aliphatic carbocycles. The molecule has 0 aromatic heterocycles. The molecular weight excluding hydrogens is 260 g/mol. The summed E-state index contributed by atoms with van der Waals surface area (Å²) in [6.07, 6.45) is 0. The molecule has 0 saturated carbocycles. The highest BCUT2D eigenvalue weighted by atomic mass is 32.2. The third-order valence-electron chi connectivity index (χ3n) is 2.43. The molecule has 0 atom stereocenters. The van der Waals surface area contributed by atoms with E-state index in [1.165, 1.54) is 11.9 Å². The Bertz CT molecular complexity index is 529. The predicted molar refractivity (Wildman–Crippen MR) is 75.9 cm³/mol. The zero-order chi connectivity index (χ0) is 13.5. The average Bonchev–Trinajstić information content (AvgIpc) is 2.48. The Kier molecular flexibility index (Phi) is 4.83. The Balaban J connectivity index is 1.84. The van der Waals surface area contributed by atoms with Crippen LogP contribution in [0, 0.1) is 0 Å². The summed E-state index contributed by atoms with van der Waals surface area (Å²) in [6, 6.07) is 16.7. The van der Waals surface area contributed by atoms with Crippen LogP contribution in [-0.2, 0) is 0 Å². The second-order valence-corrected chi connectivity index (χ2v) is 4.58. The molecule has 1 amide bonds. The number of methoxy groups -OCH3 is 1. The van der Waals surface area contributed by atoms with Crippen molar-refractivity contribution in [2.24, 2.45) is 0 Å². The molecule has 2 N–H and O–H groups in total. The first kappa shape index (κ1) is 13.5. The van der Waals surface area contributed by atoms with Crippen molar-refractivity contribution in [2.75, 3.05) is 7.11 Å². The summed E-state index contributed by atoms with van der Waals surface area (Å²) in [7, 11) is 1.59. The van der Waals surface area contributed by atoms with Crippen molar-refractivity contribution >= 4 is 17.9 Å². The van der Waals surface area contributed by atoms with Gasteiger partial charge in [-0.05, 0) is 48.3 Å². The van der Waals surface area contributed by atoms with Crippen LogP contribution in [0.25, 0.3) is 0 Å². The van der Waals surface area contributed by atoms with Crippen LogP contribution >= 0.6 is 11.9 Å². The first-order valence-corrected chi connectivity index (χ1v) is 6.52. The smallest absolute Gasteiger partial charge is 0.266 e. The molecule has 2 aromatic carbocycles. The van der Waals surface area contributed by atoms with E-state index in [1.807, 2.05) is 30.3 Å². The van der Waals surface area contributed by atoms with E-state index in [2.05, 4.69) is 10.3 Å². The van der Waals surface area contributed by atoms with Crippen LogP contribution in [0.5, 0.6) is 5.75 Å². The summed E-state index contributed by atoms with van der Waals surface area (Å²) in [5.74, 6) is 0.536. The number of benzene rings is 2. The number of carbonyl (C=O) groups is 1. The lowest BCUT2D eigenvalue weighted by Gasteiger charge is -2.07. The van der Waals surface area contributed by atoms with Crippen molar-refractivity contribution in [2.45, 2.75) is 4.90 Å². The normalized spacial score (nSPS) is 9.95. The minimum atomic E-state index is -0.189. The van der Waals surface area contributed by atoms with Gasteiger partial charge in [0.1, 0.15) is 5.75 Å². The predicted octanol–water partition coefficient (Wildman–Crippen LogP) is 2.64. The van der Waals surface area contributed by atoms with Crippen LogP contribution in [0.15, 0.2) is 59.5 Å². The Labute approximate surface area is 116 Å². The third-order valence-corrected chi connectivity index (χ3v) is 3.14. The zero-order valence-corrected chi connectivity index (χ0v) is 11.2. The molecule has 0 spiro atoms. The number of rotatable bonds is 5. The highest BCUT2D eigenvalue weighted by Gasteiger charge is 2.04. The number of hydrogen-bond acceptors (Lipinski definition) is 4. The lowest BCUT2D eigenvalue weighted by atomic mass is 10.2. The monoisotopic (exact) mass is 274 g/mol. The maximum absolute atomic E-state index is 11.8. The molecular formula is C14H14N2O2S. The lowest BCUT2D eigenvalue weighted by Crippen LogP contribution is -2.32.